The molecule has 1 N–H and O–H groups in total. The summed E-state index contributed by atoms with van der Waals surface area (Å²) in [7, 11) is 0. The number of hydrogen-bond donors (Lipinski definition) is 1. The molecule has 0 saturated carbocycles. The number of fused-ring (bicyclic) bond motifs is 1. The van der Waals surface area contributed by atoms with Crippen molar-refractivity contribution in [1.82, 2.24) is 14.7 Å². The maximum absolute atomic E-state index is 12.6. The summed E-state index contributed by atoms with van der Waals surface area (Å²) in [6, 6.07) is 8.30. The number of piperazine rings is 1. The Labute approximate surface area is 160 Å². The number of amidine groups is 1. The normalized spacial score (nSPS) is 21.7. The lowest BCUT2D eigenvalue weighted by atomic mass is 10.1. The van der Waals surface area contributed by atoms with Gasteiger partial charge in [0, 0.05) is 44.5 Å². The van der Waals surface area contributed by atoms with E-state index in [1.807, 2.05) is 29.4 Å². The third-order valence-corrected chi connectivity index (χ3v) is 5.17. The molecular weight excluding hydrogens is 340 g/mol. The summed E-state index contributed by atoms with van der Waals surface area (Å²) in [6.07, 6.45) is 4.88. The predicted octanol–water partition coefficient (Wildman–Crippen LogP) is 2.38. The van der Waals surface area contributed by atoms with Gasteiger partial charge < -0.3 is 20.0 Å². The standard InChI is InChI=1S/C20H26N6O/c1-3-16-5-4-6-17(11-16)23-20(27)25-9-7-24(8-10-25)18-12-19-22-15(2)13-26(19)14-21-18/h4-6,11-12,14-15H,3,7-10,13H2,1-2H3,(H,23,27). The largest absolute Gasteiger partial charge is 0.353 e. The molecule has 3 aliphatic rings. The number of nitrogens with one attached hydrogen (secondary N) is 1. The molecule has 1 aromatic carbocycles. The average molecular weight is 366 g/mol. The molecule has 27 heavy (non-hydrogen) atoms. The Balaban J connectivity index is 1.33. The van der Waals surface area contributed by atoms with E-state index in [2.05, 4.69) is 51.1 Å². The van der Waals surface area contributed by atoms with Gasteiger partial charge in [0.1, 0.15) is 11.7 Å². The molecular formula is C20H26N6O. The Bertz CT molecular complexity index is 806. The SMILES string of the molecule is CCc1cccc(NC(=O)N2CCN(C3=CC4=NC(C)CN4C=N3)CC2)c1. The summed E-state index contributed by atoms with van der Waals surface area (Å²) >= 11 is 0. The molecule has 0 radical (unpaired) electrons. The van der Waals surface area contributed by atoms with Gasteiger partial charge in [-0.1, -0.05) is 19.1 Å². The third kappa shape index (κ3) is 3.82. The van der Waals surface area contributed by atoms with Gasteiger partial charge in [-0.05, 0) is 31.0 Å². The number of benzene rings is 1. The number of anilines is 1. The van der Waals surface area contributed by atoms with E-state index in [1.165, 1.54) is 5.56 Å². The van der Waals surface area contributed by atoms with Gasteiger partial charge in [0.2, 0.25) is 0 Å². The first-order chi connectivity index (χ1) is 13.1. The predicted molar refractivity (Wildman–Crippen MR) is 108 cm³/mol. The van der Waals surface area contributed by atoms with Gasteiger partial charge in [0.05, 0.1) is 12.4 Å². The first-order valence-corrected chi connectivity index (χ1v) is 9.62. The van der Waals surface area contributed by atoms with E-state index in [0.717, 1.165) is 43.4 Å². The van der Waals surface area contributed by atoms with Crippen LogP contribution in [0, 0.1) is 0 Å². The van der Waals surface area contributed by atoms with Crippen LogP contribution in [0.25, 0.3) is 0 Å². The van der Waals surface area contributed by atoms with E-state index < -0.39 is 0 Å². The van der Waals surface area contributed by atoms with Crippen molar-refractivity contribution >= 4 is 23.9 Å². The molecule has 0 spiro atoms. The van der Waals surface area contributed by atoms with Crippen LogP contribution in [0.1, 0.15) is 19.4 Å². The highest BCUT2D eigenvalue weighted by Crippen LogP contribution is 2.19. The molecule has 1 aromatic rings. The smallest absolute Gasteiger partial charge is 0.321 e. The van der Waals surface area contributed by atoms with Crippen LogP contribution in [0.2, 0.25) is 0 Å². The van der Waals surface area contributed by atoms with E-state index >= 15 is 0 Å². The lowest BCUT2D eigenvalue weighted by Crippen LogP contribution is -2.49. The van der Waals surface area contributed by atoms with Gasteiger partial charge in [-0.25, -0.2) is 9.79 Å². The van der Waals surface area contributed by atoms with Crippen molar-refractivity contribution in [3.8, 4) is 0 Å². The maximum Gasteiger partial charge on any atom is 0.321 e. The Kier molecular flexibility index (Phi) is 4.83. The Morgan fingerprint density at radius 2 is 2.07 bits per heavy atom. The van der Waals surface area contributed by atoms with E-state index in [-0.39, 0.29) is 6.03 Å². The summed E-state index contributed by atoms with van der Waals surface area (Å²) < 4.78 is 0. The number of carbonyl (C=O) groups is 1. The lowest BCUT2D eigenvalue weighted by Gasteiger charge is -2.36. The molecule has 0 aromatic heterocycles. The molecule has 1 unspecified atom stereocenters. The molecule has 3 aliphatic heterocycles. The van der Waals surface area contributed by atoms with Crippen LogP contribution in [0.15, 0.2) is 46.1 Å². The molecule has 3 heterocycles. The van der Waals surface area contributed by atoms with Crippen LogP contribution < -0.4 is 5.32 Å². The molecule has 2 amide bonds. The van der Waals surface area contributed by atoms with Crippen molar-refractivity contribution in [2.75, 3.05) is 38.0 Å². The Morgan fingerprint density at radius 1 is 1.26 bits per heavy atom. The molecule has 7 nitrogen and oxygen atoms in total. The molecule has 1 saturated heterocycles. The van der Waals surface area contributed by atoms with E-state index in [1.54, 1.807) is 0 Å². The molecule has 0 aliphatic carbocycles. The maximum atomic E-state index is 12.6. The van der Waals surface area contributed by atoms with Crippen LogP contribution in [0.4, 0.5) is 10.5 Å². The van der Waals surface area contributed by atoms with Gasteiger partial charge in [-0.2, -0.15) is 0 Å². The first kappa shape index (κ1) is 17.6. The van der Waals surface area contributed by atoms with Crippen molar-refractivity contribution in [3.05, 3.63) is 41.7 Å². The van der Waals surface area contributed by atoms with Gasteiger partial charge in [-0.15, -0.1) is 0 Å². The number of amides is 2. The summed E-state index contributed by atoms with van der Waals surface area (Å²) in [4.78, 5) is 27.9. The fourth-order valence-corrected chi connectivity index (χ4v) is 3.61. The number of urea groups is 1. The minimum atomic E-state index is -0.0378. The number of aryl methyl sites for hydroxylation is 1. The lowest BCUT2D eigenvalue weighted by molar-refractivity contribution is 0.167. The van der Waals surface area contributed by atoms with Crippen LogP contribution in [0.3, 0.4) is 0 Å². The summed E-state index contributed by atoms with van der Waals surface area (Å²) in [6.45, 7) is 8.02. The number of nitrogens with zero attached hydrogens (tertiary/aromatic N) is 5. The minimum absolute atomic E-state index is 0.0378. The fourth-order valence-electron chi connectivity index (χ4n) is 3.61. The number of hydrogen-bond acceptors (Lipinski definition) is 5. The Morgan fingerprint density at radius 3 is 2.85 bits per heavy atom. The highest BCUT2D eigenvalue weighted by atomic mass is 16.2. The quantitative estimate of drug-likeness (QED) is 0.893. The molecule has 7 heteroatoms. The summed E-state index contributed by atoms with van der Waals surface area (Å²) in [5.41, 5.74) is 2.08. The number of carbonyl (C=O) groups excluding carboxylic acids is 1. The topological polar surface area (TPSA) is 63.5 Å². The Hall–Kier alpha value is -2.83. The van der Waals surface area contributed by atoms with Crippen LogP contribution in [-0.2, 0) is 6.42 Å². The van der Waals surface area contributed by atoms with Crippen LogP contribution in [0.5, 0.6) is 0 Å². The average Bonchev–Trinajstić information content (AvgIpc) is 3.07. The van der Waals surface area contributed by atoms with Crippen molar-refractivity contribution in [3.63, 3.8) is 0 Å². The number of rotatable bonds is 3. The first-order valence-electron chi connectivity index (χ1n) is 9.62. The third-order valence-electron chi connectivity index (χ3n) is 5.17. The van der Waals surface area contributed by atoms with E-state index in [0.29, 0.717) is 19.1 Å². The van der Waals surface area contributed by atoms with Gasteiger partial charge in [0.25, 0.3) is 0 Å². The summed E-state index contributed by atoms with van der Waals surface area (Å²) in [5, 5.41) is 3.01. The fraction of sp³-hybridized carbons (Fsp3) is 0.450. The molecule has 142 valence electrons. The van der Waals surface area contributed by atoms with E-state index in [4.69, 9.17) is 0 Å². The van der Waals surface area contributed by atoms with Gasteiger partial charge in [-0.3, -0.25) is 4.99 Å². The van der Waals surface area contributed by atoms with Crippen molar-refractivity contribution in [1.29, 1.82) is 0 Å². The monoisotopic (exact) mass is 366 g/mol. The highest BCUT2D eigenvalue weighted by Gasteiger charge is 2.27. The molecule has 1 atom stereocenters. The zero-order valence-electron chi connectivity index (χ0n) is 15.9. The second-order valence-corrected chi connectivity index (χ2v) is 7.19. The van der Waals surface area contributed by atoms with Crippen molar-refractivity contribution in [2.45, 2.75) is 26.3 Å². The van der Waals surface area contributed by atoms with Crippen molar-refractivity contribution < 1.29 is 4.79 Å². The van der Waals surface area contributed by atoms with E-state index in [9.17, 15) is 4.79 Å². The second-order valence-electron chi connectivity index (χ2n) is 7.19. The molecule has 4 rings (SSSR count). The summed E-state index contributed by atoms with van der Waals surface area (Å²) in [5.74, 6) is 1.93. The van der Waals surface area contributed by atoms with Crippen molar-refractivity contribution in [2.24, 2.45) is 9.98 Å². The van der Waals surface area contributed by atoms with Gasteiger partial charge in [0.15, 0.2) is 0 Å². The highest BCUT2D eigenvalue weighted by molar-refractivity contribution is 6.03. The van der Waals surface area contributed by atoms with Crippen LogP contribution in [-0.4, -0.2) is 71.7 Å². The second kappa shape index (κ2) is 7.42. The van der Waals surface area contributed by atoms with Gasteiger partial charge >= 0.3 is 6.03 Å². The zero-order valence-corrected chi connectivity index (χ0v) is 15.9. The minimum Gasteiger partial charge on any atom is -0.353 e. The molecule has 1 fully saturated rings. The number of aliphatic imine (C=N–C) groups is 2. The zero-order chi connectivity index (χ0) is 18.8. The molecule has 0 bridgehead atoms. The van der Waals surface area contributed by atoms with Crippen LogP contribution >= 0.6 is 0 Å².